The molecule has 27 heavy (non-hydrogen) atoms. The fraction of sp³-hybridized carbons (Fsp3) is 0.222. The number of methoxy groups -OCH3 is 1. The second-order valence-electron chi connectivity index (χ2n) is 5.86. The molecule has 2 aromatic carbocycles. The van der Waals surface area contributed by atoms with Gasteiger partial charge in [0.2, 0.25) is 0 Å². The molecule has 2 aromatic rings. The number of quaternary nitrogens is 1. The van der Waals surface area contributed by atoms with Crippen molar-refractivity contribution in [2.75, 3.05) is 37.9 Å². The van der Waals surface area contributed by atoms with Crippen molar-refractivity contribution >= 4 is 23.2 Å². The first-order valence-corrected chi connectivity index (χ1v) is 7.98. The first-order chi connectivity index (χ1) is 12.8. The number of nitrogens with one attached hydrogen (secondary N) is 3. The molecule has 0 aliphatic heterocycles. The molecule has 0 bridgehead atoms. The number of hydrogen-bond acceptors (Lipinski definition) is 3. The Hall–Kier alpha value is -3.07. The van der Waals surface area contributed by atoms with Gasteiger partial charge in [0, 0.05) is 11.8 Å². The van der Waals surface area contributed by atoms with Crippen molar-refractivity contribution in [1.82, 2.24) is 0 Å². The third-order valence-corrected chi connectivity index (χ3v) is 3.59. The number of amides is 2. The molecule has 3 N–H and O–H groups in total. The van der Waals surface area contributed by atoms with Crippen LogP contribution in [0, 0.1) is 17.5 Å². The monoisotopic (exact) mass is 382 g/mol. The van der Waals surface area contributed by atoms with Crippen molar-refractivity contribution < 1.29 is 32.4 Å². The number of halogens is 3. The maximum atomic E-state index is 13.6. The Morgan fingerprint density at radius 1 is 1.00 bits per heavy atom. The van der Waals surface area contributed by atoms with Crippen LogP contribution in [0.3, 0.4) is 0 Å². The molecule has 0 fully saturated rings. The number of carbonyl (C=O) groups is 2. The molecule has 0 saturated heterocycles. The van der Waals surface area contributed by atoms with E-state index in [1.807, 2.05) is 0 Å². The van der Waals surface area contributed by atoms with Crippen LogP contribution in [0.4, 0.5) is 24.5 Å². The van der Waals surface area contributed by atoms with Gasteiger partial charge in [-0.25, -0.2) is 13.2 Å². The molecule has 0 saturated carbocycles. The van der Waals surface area contributed by atoms with Crippen LogP contribution in [-0.4, -0.2) is 39.1 Å². The third-order valence-electron chi connectivity index (χ3n) is 3.59. The van der Waals surface area contributed by atoms with Crippen LogP contribution in [0.1, 0.15) is 0 Å². The fourth-order valence-electron chi connectivity index (χ4n) is 2.33. The smallest absolute Gasteiger partial charge is 0.279 e. The van der Waals surface area contributed by atoms with E-state index in [0.29, 0.717) is 22.4 Å². The molecule has 144 valence electrons. The quantitative estimate of drug-likeness (QED) is 0.631. The normalized spacial score (nSPS) is 11.6. The van der Waals surface area contributed by atoms with Crippen molar-refractivity contribution in [3.63, 3.8) is 0 Å². The summed E-state index contributed by atoms with van der Waals surface area (Å²) < 4.78 is 44.7. The lowest BCUT2D eigenvalue weighted by Gasteiger charge is -2.14. The summed E-state index contributed by atoms with van der Waals surface area (Å²) in [4.78, 5) is 24.5. The zero-order valence-corrected chi connectivity index (χ0v) is 14.7. The third kappa shape index (κ3) is 5.71. The van der Waals surface area contributed by atoms with Gasteiger partial charge in [0.1, 0.15) is 5.75 Å². The highest BCUT2D eigenvalue weighted by Gasteiger charge is 2.18. The topological polar surface area (TPSA) is 71.9 Å². The number of anilines is 2. The first kappa shape index (κ1) is 20.2. The summed E-state index contributed by atoms with van der Waals surface area (Å²) in [5, 5.41) is 4.83. The molecule has 2 amide bonds. The molecule has 1 atom stereocenters. The zero-order chi connectivity index (χ0) is 20.0. The van der Waals surface area contributed by atoms with E-state index in [1.165, 1.54) is 7.11 Å². The van der Waals surface area contributed by atoms with Gasteiger partial charge in [0.15, 0.2) is 30.5 Å². The minimum absolute atomic E-state index is 0.0368. The average Bonchev–Trinajstić information content (AvgIpc) is 2.62. The molecule has 6 nitrogen and oxygen atoms in total. The standard InChI is InChI=1S/C18H18F3N3O3/c1-24(9-15(25)22-11-4-3-5-12(8-11)27-2)10-16(26)23-14-7-6-13(19)17(20)18(14)21/h3-8H,9-10H2,1-2H3,(H,22,25)(H,23,26)/p+1. The Kier molecular flexibility index (Phi) is 6.78. The first-order valence-electron chi connectivity index (χ1n) is 7.98. The predicted octanol–water partition coefficient (Wildman–Crippen LogP) is 1.20. The number of benzene rings is 2. The largest absolute Gasteiger partial charge is 0.497 e. The van der Waals surface area contributed by atoms with Crippen molar-refractivity contribution in [2.45, 2.75) is 0 Å². The molecule has 2 rings (SSSR count). The van der Waals surface area contributed by atoms with E-state index in [-0.39, 0.29) is 19.0 Å². The molecule has 0 radical (unpaired) electrons. The van der Waals surface area contributed by atoms with Crippen molar-refractivity contribution in [2.24, 2.45) is 0 Å². The summed E-state index contributed by atoms with van der Waals surface area (Å²) in [6.45, 7) is -0.213. The molecule has 0 spiro atoms. The van der Waals surface area contributed by atoms with E-state index in [2.05, 4.69) is 10.6 Å². The maximum Gasteiger partial charge on any atom is 0.279 e. The SMILES string of the molecule is COc1cccc(NC(=O)C[NH+](C)CC(=O)Nc2ccc(F)c(F)c2F)c1. The predicted molar refractivity (Wildman–Crippen MR) is 93.2 cm³/mol. The van der Waals surface area contributed by atoms with Gasteiger partial charge in [-0.15, -0.1) is 0 Å². The Bertz CT molecular complexity index is 846. The van der Waals surface area contributed by atoms with Gasteiger partial charge in [0.25, 0.3) is 11.8 Å². The second kappa shape index (κ2) is 9.04. The van der Waals surface area contributed by atoms with Gasteiger partial charge in [-0.2, -0.15) is 0 Å². The average molecular weight is 382 g/mol. The van der Waals surface area contributed by atoms with Gasteiger partial charge in [-0.05, 0) is 24.3 Å². The molecular formula is C18H19F3N3O3+. The Balaban J connectivity index is 1.87. The Morgan fingerprint density at radius 3 is 2.33 bits per heavy atom. The Morgan fingerprint density at radius 2 is 1.67 bits per heavy atom. The van der Waals surface area contributed by atoms with E-state index >= 15 is 0 Å². The summed E-state index contributed by atoms with van der Waals surface area (Å²) in [6, 6.07) is 8.42. The van der Waals surface area contributed by atoms with Gasteiger partial charge in [0.05, 0.1) is 19.8 Å². The molecule has 9 heteroatoms. The molecule has 1 unspecified atom stereocenters. The molecule has 0 aliphatic rings. The van der Waals surface area contributed by atoms with Gasteiger partial charge in [-0.1, -0.05) is 6.07 Å². The minimum Gasteiger partial charge on any atom is -0.497 e. The highest BCUT2D eigenvalue weighted by Crippen LogP contribution is 2.19. The lowest BCUT2D eigenvalue weighted by atomic mass is 10.2. The molecule has 0 aromatic heterocycles. The Labute approximate surface area is 153 Å². The second-order valence-corrected chi connectivity index (χ2v) is 5.86. The van der Waals surface area contributed by atoms with Crippen LogP contribution in [0.15, 0.2) is 36.4 Å². The number of carbonyl (C=O) groups excluding carboxylic acids is 2. The summed E-state index contributed by atoms with van der Waals surface area (Å²) in [7, 11) is 3.10. The maximum absolute atomic E-state index is 13.6. The van der Waals surface area contributed by atoms with Crippen molar-refractivity contribution in [3.05, 3.63) is 53.8 Å². The van der Waals surface area contributed by atoms with Gasteiger partial charge < -0.3 is 20.3 Å². The van der Waals surface area contributed by atoms with Gasteiger partial charge in [-0.3, -0.25) is 9.59 Å². The highest BCUT2D eigenvalue weighted by molar-refractivity contribution is 5.93. The summed E-state index contributed by atoms with van der Waals surface area (Å²) in [6.07, 6.45) is 0. The van der Waals surface area contributed by atoms with Crippen molar-refractivity contribution in [3.8, 4) is 5.75 Å². The number of rotatable bonds is 7. The summed E-state index contributed by atoms with van der Waals surface area (Å²) in [5.41, 5.74) is 0.0768. The van der Waals surface area contributed by atoms with Gasteiger partial charge >= 0.3 is 0 Å². The molecule has 0 heterocycles. The van der Waals surface area contributed by atoms with E-state index in [4.69, 9.17) is 4.74 Å². The van der Waals surface area contributed by atoms with Crippen LogP contribution in [0.2, 0.25) is 0 Å². The van der Waals surface area contributed by atoms with E-state index in [9.17, 15) is 22.8 Å². The molecular weight excluding hydrogens is 363 g/mol. The number of ether oxygens (including phenoxy) is 1. The van der Waals surface area contributed by atoms with Crippen molar-refractivity contribution in [1.29, 1.82) is 0 Å². The lowest BCUT2D eigenvalue weighted by Crippen LogP contribution is -3.11. The fourth-order valence-corrected chi connectivity index (χ4v) is 2.33. The van der Waals surface area contributed by atoms with E-state index in [0.717, 1.165) is 6.07 Å². The van der Waals surface area contributed by atoms with Crippen LogP contribution in [0.25, 0.3) is 0 Å². The van der Waals surface area contributed by atoms with Crippen LogP contribution < -0.4 is 20.3 Å². The highest BCUT2D eigenvalue weighted by atomic mass is 19.2. The number of likely N-dealkylation sites (N-methyl/N-ethyl adjacent to an activating group) is 1. The van der Waals surface area contributed by atoms with Crippen LogP contribution in [-0.2, 0) is 9.59 Å². The summed E-state index contributed by atoms with van der Waals surface area (Å²) >= 11 is 0. The van der Waals surface area contributed by atoms with E-state index < -0.39 is 29.0 Å². The lowest BCUT2D eigenvalue weighted by molar-refractivity contribution is -0.862. The van der Waals surface area contributed by atoms with E-state index in [1.54, 1.807) is 31.3 Å². The molecule has 0 aliphatic carbocycles. The number of hydrogen-bond donors (Lipinski definition) is 3. The summed E-state index contributed by atoms with van der Waals surface area (Å²) in [5.74, 6) is -4.88. The zero-order valence-electron chi connectivity index (χ0n) is 14.7. The van der Waals surface area contributed by atoms with Crippen LogP contribution in [0.5, 0.6) is 5.75 Å². The van der Waals surface area contributed by atoms with Crippen LogP contribution >= 0.6 is 0 Å². The minimum atomic E-state index is -1.66.